The molecule has 134 valence electrons. The summed E-state index contributed by atoms with van der Waals surface area (Å²) in [5.74, 6) is 1.04. The molecule has 0 fully saturated rings. The Morgan fingerprint density at radius 1 is 1.08 bits per heavy atom. The zero-order valence-electron chi connectivity index (χ0n) is 13.1. The quantitative estimate of drug-likeness (QED) is 0.699. The fraction of sp³-hybridized carbons (Fsp3) is 0.176. The van der Waals surface area contributed by atoms with Gasteiger partial charge in [-0.15, -0.1) is 0 Å². The van der Waals surface area contributed by atoms with Crippen LogP contribution in [0.2, 0.25) is 10.0 Å². The lowest BCUT2D eigenvalue weighted by molar-refractivity contribution is -0.137. The van der Waals surface area contributed by atoms with Crippen molar-refractivity contribution in [2.24, 2.45) is 9.98 Å². The molecule has 0 saturated carbocycles. The van der Waals surface area contributed by atoms with Crippen molar-refractivity contribution >= 4 is 51.9 Å². The minimum absolute atomic E-state index is 0.382. The molecule has 26 heavy (non-hydrogen) atoms. The van der Waals surface area contributed by atoms with Gasteiger partial charge in [0.15, 0.2) is 11.7 Å². The van der Waals surface area contributed by atoms with Crippen molar-refractivity contribution in [1.29, 1.82) is 0 Å². The van der Waals surface area contributed by atoms with Crippen molar-refractivity contribution in [2.75, 3.05) is 23.3 Å². The maximum absolute atomic E-state index is 12.9. The summed E-state index contributed by atoms with van der Waals surface area (Å²) >= 11 is 12.1. The summed E-state index contributed by atoms with van der Waals surface area (Å²) in [7, 11) is 0. The van der Waals surface area contributed by atoms with Crippen LogP contribution in [0.3, 0.4) is 0 Å². The first-order valence-electron chi connectivity index (χ1n) is 7.68. The Labute approximate surface area is 157 Å². The summed E-state index contributed by atoms with van der Waals surface area (Å²) in [5, 5.41) is 3.20. The Bertz CT molecular complexity index is 954. The minimum atomic E-state index is -4.50. The van der Waals surface area contributed by atoms with E-state index in [9.17, 15) is 13.2 Å². The van der Waals surface area contributed by atoms with E-state index in [1.54, 1.807) is 12.1 Å². The van der Waals surface area contributed by atoms with Crippen molar-refractivity contribution < 1.29 is 13.2 Å². The van der Waals surface area contributed by atoms with Gasteiger partial charge in [0.05, 0.1) is 33.5 Å². The number of hydrogen-bond acceptors (Lipinski definition) is 4. The molecule has 0 aliphatic carbocycles. The molecule has 0 amide bonds. The molecule has 2 aromatic rings. The van der Waals surface area contributed by atoms with Crippen LogP contribution in [0.15, 0.2) is 46.4 Å². The van der Waals surface area contributed by atoms with Crippen LogP contribution in [0, 0.1) is 0 Å². The van der Waals surface area contributed by atoms with E-state index in [0.29, 0.717) is 41.2 Å². The summed E-state index contributed by atoms with van der Waals surface area (Å²) in [5.41, 5.74) is 0.953. The molecule has 0 saturated heterocycles. The Hall–Kier alpha value is -2.25. The minimum Gasteiger partial charge on any atom is -0.337 e. The van der Waals surface area contributed by atoms with Crippen LogP contribution in [0.1, 0.15) is 5.56 Å². The average molecular weight is 399 g/mol. The van der Waals surface area contributed by atoms with Gasteiger partial charge in [0.25, 0.3) is 0 Å². The first kappa shape index (κ1) is 17.2. The molecule has 0 aromatic heterocycles. The molecule has 4 rings (SSSR count). The normalized spacial score (nSPS) is 16.0. The van der Waals surface area contributed by atoms with Gasteiger partial charge in [-0.2, -0.15) is 13.2 Å². The Morgan fingerprint density at radius 2 is 1.88 bits per heavy atom. The fourth-order valence-electron chi connectivity index (χ4n) is 2.94. The summed E-state index contributed by atoms with van der Waals surface area (Å²) < 4.78 is 38.6. The standard InChI is InChI=1S/C17H11Cl2F3N4/c18-11-2-1-3-13-14(11)26-7-6-23-16(26)15(25-13)24-9-4-5-10(12(19)8-9)17(20,21)22/h1-5,8H,6-7H2,(H,24,25). The number of hydrogen-bond donors (Lipinski definition) is 1. The lowest BCUT2D eigenvalue weighted by Gasteiger charge is -2.28. The highest BCUT2D eigenvalue weighted by Crippen LogP contribution is 2.40. The van der Waals surface area contributed by atoms with Crippen LogP contribution in [0.4, 0.5) is 30.2 Å². The van der Waals surface area contributed by atoms with E-state index in [1.807, 2.05) is 11.0 Å². The summed E-state index contributed by atoms with van der Waals surface area (Å²) in [4.78, 5) is 10.9. The summed E-state index contributed by atoms with van der Waals surface area (Å²) in [6, 6.07) is 8.85. The van der Waals surface area contributed by atoms with Crippen molar-refractivity contribution in [2.45, 2.75) is 6.18 Å². The number of rotatable bonds is 1. The van der Waals surface area contributed by atoms with E-state index in [2.05, 4.69) is 15.3 Å². The van der Waals surface area contributed by atoms with Crippen molar-refractivity contribution in [3.63, 3.8) is 0 Å². The molecule has 0 radical (unpaired) electrons. The number of benzene rings is 2. The van der Waals surface area contributed by atoms with Crippen molar-refractivity contribution in [1.82, 2.24) is 0 Å². The van der Waals surface area contributed by atoms with E-state index < -0.39 is 11.7 Å². The van der Waals surface area contributed by atoms with Gasteiger partial charge in [-0.1, -0.05) is 29.3 Å². The number of para-hydroxylation sites is 1. The predicted molar refractivity (Wildman–Crippen MR) is 98.3 cm³/mol. The molecule has 2 aliphatic rings. The second-order valence-corrected chi connectivity index (χ2v) is 6.56. The van der Waals surface area contributed by atoms with Crippen LogP contribution in [0.5, 0.6) is 0 Å². The lowest BCUT2D eigenvalue weighted by Crippen LogP contribution is -2.39. The number of halogens is 5. The monoisotopic (exact) mass is 398 g/mol. The van der Waals surface area contributed by atoms with Gasteiger partial charge in [0, 0.05) is 12.2 Å². The van der Waals surface area contributed by atoms with Crippen LogP contribution in [-0.2, 0) is 6.18 Å². The number of amidine groups is 2. The zero-order valence-corrected chi connectivity index (χ0v) is 14.6. The van der Waals surface area contributed by atoms with Crippen molar-refractivity contribution in [3.05, 3.63) is 52.0 Å². The second kappa shape index (κ2) is 6.17. The number of alkyl halides is 3. The molecule has 1 N–H and O–H groups in total. The first-order chi connectivity index (χ1) is 12.3. The highest BCUT2D eigenvalue weighted by atomic mass is 35.5. The maximum atomic E-state index is 12.9. The van der Waals surface area contributed by atoms with Gasteiger partial charge in [-0.25, -0.2) is 4.99 Å². The third-order valence-corrected chi connectivity index (χ3v) is 4.68. The van der Waals surface area contributed by atoms with Gasteiger partial charge in [0.1, 0.15) is 0 Å². The molecule has 4 nitrogen and oxygen atoms in total. The third-order valence-electron chi connectivity index (χ3n) is 4.06. The fourth-order valence-corrected chi connectivity index (χ4v) is 3.50. The SMILES string of the molecule is FC(F)(F)c1ccc(NC2=Nc3cccc(Cl)c3N3CCN=C23)cc1Cl. The molecular weight excluding hydrogens is 388 g/mol. The van der Waals surface area contributed by atoms with Crippen LogP contribution >= 0.6 is 23.2 Å². The topological polar surface area (TPSA) is 40.0 Å². The number of nitrogens with zero attached hydrogens (tertiary/aromatic N) is 3. The molecule has 0 atom stereocenters. The molecule has 9 heteroatoms. The number of anilines is 2. The lowest BCUT2D eigenvalue weighted by atomic mass is 10.1. The smallest absolute Gasteiger partial charge is 0.337 e. The molecule has 2 heterocycles. The van der Waals surface area contributed by atoms with E-state index in [-0.39, 0.29) is 5.02 Å². The van der Waals surface area contributed by atoms with Gasteiger partial charge >= 0.3 is 6.18 Å². The van der Waals surface area contributed by atoms with Crippen LogP contribution in [-0.4, -0.2) is 24.8 Å². The predicted octanol–water partition coefficient (Wildman–Crippen LogP) is 5.39. The summed E-state index contributed by atoms with van der Waals surface area (Å²) in [6.45, 7) is 1.23. The molecule has 2 aliphatic heterocycles. The Balaban J connectivity index is 1.71. The maximum Gasteiger partial charge on any atom is 0.417 e. The second-order valence-electron chi connectivity index (χ2n) is 5.74. The molecule has 2 aromatic carbocycles. The third kappa shape index (κ3) is 2.91. The Morgan fingerprint density at radius 3 is 2.62 bits per heavy atom. The average Bonchev–Trinajstić information content (AvgIpc) is 3.03. The van der Waals surface area contributed by atoms with E-state index in [4.69, 9.17) is 23.2 Å². The largest absolute Gasteiger partial charge is 0.417 e. The van der Waals surface area contributed by atoms with Crippen molar-refractivity contribution in [3.8, 4) is 0 Å². The Kier molecular flexibility index (Phi) is 4.08. The zero-order chi connectivity index (χ0) is 18.5. The van der Waals surface area contributed by atoms with E-state index >= 15 is 0 Å². The molecular formula is C17H11Cl2F3N4. The highest BCUT2D eigenvalue weighted by molar-refractivity contribution is 6.52. The van der Waals surface area contributed by atoms with E-state index in [1.165, 1.54) is 12.1 Å². The number of nitrogens with one attached hydrogen (secondary N) is 1. The van der Waals surface area contributed by atoms with Crippen LogP contribution in [0.25, 0.3) is 0 Å². The molecule has 0 unspecified atom stereocenters. The molecule has 0 spiro atoms. The van der Waals surface area contributed by atoms with Gasteiger partial charge in [0.2, 0.25) is 0 Å². The van der Waals surface area contributed by atoms with Gasteiger partial charge in [-0.3, -0.25) is 4.99 Å². The number of aliphatic imine (C=N–C) groups is 2. The van der Waals surface area contributed by atoms with Gasteiger partial charge in [-0.05, 0) is 30.3 Å². The van der Waals surface area contributed by atoms with E-state index in [0.717, 1.165) is 11.8 Å². The number of fused-ring (bicyclic) bond motifs is 3. The van der Waals surface area contributed by atoms with Crippen LogP contribution < -0.4 is 10.2 Å². The van der Waals surface area contributed by atoms with Gasteiger partial charge < -0.3 is 10.2 Å². The summed E-state index contributed by atoms with van der Waals surface area (Å²) in [6.07, 6.45) is -4.50. The first-order valence-corrected chi connectivity index (χ1v) is 8.43. The highest BCUT2D eigenvalue weighted by Gasteiger charge is 2.34. The molecule has 0 bridgehead atoms.